The maximum atomic E-state index is 12.7. The summed E-state index contributed by atoms with van der Waals surface area (Å²) >= 11 is 0. The Morgan fingerprint density at radius 2 is 0.900 bits per heavy atom. The average Bonchev–Trinajstić information content (AvgIpc) is 3.24. The van der Waals surface area contributed by atoms with Gasteiger partial charge in [0.1, 0.15) is 12.2 Å². The zero-order valence-corrected chi connectivity index (χ0v) is 39.3. The molecule has 350 valence electrons. The third-order valence-electron chi connectivity index (χ3n) is 10.2. The van der Waals surface area contributed by atoms with Crippen LogP contribution in [0.15, 0.2) is 60.8 Å². The molecule has 10 heteroatoms. The summed E-state index contributed by atoms with van der Waals surface area (Å²) in [7, 11) is -4.53. The number of phosphoric ester groups is 1. The van der Waals surface area contributed by atoms with E-state index >= 15 is 0 Å². The van der Waals surface area contributed by atoms with Crippen LogP contribution in [0.4, 0.5) is 0 Å². The highest BCUT2D eigenvalue weighted by molar-refractivity contribution is 7.47. The molecule has 0 aliphatic heterocycles. The summed E-state index contributed by atoms with van der Waals surface area (Å²) in [5.41, 5.74) is 0. The van der Waals surface area contributed by atoms with Crippen LogP contribution in [0.2, 0.25) is 0 Å². The minimum atomic E-state index is -4.53. The van der Waals surface area contributed by atoms with Crippen LogP contribution in [-0.2, 0) is 27.9 Å². The second-order valence-electron chi connectivity index (χ2n) is 16.1. The van der Waals surface area contributed by atoms with Gasteiger partial charge in [-0.2, -0.15) is 0 Å². The molecule has 0 aromatic heterocycles. The minimum Gasteiger partial charge on any atom is -0.457 e. The standard InChI is InChI=1S/C50H91O9P/c1-3-5-7-9-11-13-15-17-19-21-23-24-25-26-28-30-32-34-36-38-40-42-50(53)59-49(47-58-60(54,55)57-45-48(52)44-51)46-56-43-41-39-37-35-33-31-29-27-22-20-18-16-14-12-10-8-6-4-2/h12,14-15,17-18,20-21,23,25-26,48-49,51-52H,3-11,13,16,19,22,24,27-47H2,1-2H3,(H,54,55)/b14-12-,17-15-,20-18-,23-21-,26-25-. The van der Waals surface area contributed by atoms with Gasteiger partial charge in [-0.15, -0.1) is 0 Å². The van der Waals surface area contributed by atoms with Crippen molar-refractivity contribution in [3.05, 3.63) is 60.8 Å². The molecule has 60 heavy (non-hydrogen) atoms. The molecule has 3 N–H and O–H groups in total. The Hall–Kier alpha value is -1.84. The number of hydrogen-bond acceptors (Lipinski definition) is 8. The van der Waals surface area contributed by atoms with Crippen molar-refractivity contribution in [3.63, 3.8) is 0 Å². The molecule has 0 aliphatic rings. The van der Waals surface area contributed by atoms with Gasteiger partial charge in [0.05, 0.1) is 26.4 Å². The van der Waals surface area contributed by atoms with Crippen LogP contribution in [0.25, 0.3) is 0 Å². The molecule has 0 rings (SSSR count). The molecule has 0 saturated carbocycles. The Morgan fingerprint density at radius 3 is 1.38 bits per heavy atom. The topological polar surface area (TPSA) is 132 Å². The molecule has 3 atom stereocenters. The summed E-state index contributed by atoms with van der Waals surface area (Å²) in [5, 5.41) is 18.4. The van der Waals surface area contributed by atoms with E-state index in [1.807, 2.05) is 0 Å². The number of carbonyl (C=O) groups is 1. The van der Waals surface area contributed by atoms with E-state index in [1.54, 1.807) is 0 Å². The van der Waals surface area contributed by atoms with Crippen molar-refractivity contribution in [3.8, 4) is 0 Å². The second-order valence-corrected chi connectivity index (χ2v) is 17.6. The summed E-state index contributed by atoms with van der Waals surface area (Å²) in [6.07, 6.45) is 54.6. The monoisotopic (exact) mass is 867 g/mol. The Balaban J connectivity index is 4.16. The van der Waals surface area contributed by atoms with Crippen LogP contribution < -0.4 is 0 Å². The fraction of sp³-hybridized carbons (Fsp3) is 0.780. The molecule has 3 unspecified atom stereocenters. The quantitative estimate of drug-likeness (QED) is 0.0237. The van der Waals surface area contributed by atoms with Gasteiger partial charge in [0, 0.05) is 13.0 Å². The Bertz CT molecular complexity index is 1120. The first-order valence-electron chi connectivity index (χ1n) is 24.3. The van der Waals surface area contributed by atoms with E-state index in [4.69, 9.17) is 23.6 Å². The van der Waals surface area contributed by atoms with Crippen molar-refractivity contribution >= 4 is 13.8 Å². The van der Waals surface area contributed by atoms with Crippen molar-refractivity contribution in [1.29, 1.82) is 0 Å². The van der Waals surface area contributed by atoms with Gasteiger partial charge >= 0.3 is 13.8 Å². The van der Waals surface area contributed by atoms with Crippen LogP contribution in [0.1, 0.15) is 206 Å². The largest absolute Gasteiger partial charge is 0.472 e. The zero-order valence-electron chi connectivity index (χ0n) is 38.4. The highest BCUT2D eigenvalue weighted by Crippen LogP contribution is 2.43. The number of phosphoric acid groups is 1. The Kier molecular flexibility index (Phi) is 45.2. The molecule has 0 bridgehead atoms. The number of ether oxygens (including phenoxy) is 2. The van der Waals surface area contributed by atoms with Crippen molar-refractivity contribution < 1.29 is 43.0 Å². The van der Waals surface area contributed by atoms with Crippen LogP contribution in [0.3, 0.4) is 0 Å². The number of allylic oxidation sites excluding steroid dienone is 10. The van der Waals surface area contributed by atoms with Crippen molar-refractivity contribution in [2.75, 3.05) is 33.0 Å². The smallest absolute Gasteiger partial charge is 0.457 e. The van der Waals surface area contributed by atoms with Gasteiger partial charge in [-0.25, -0.2) is 4.57 Å². The van der Waals surface area contributed by atoms with Gasteiger partial charge in [0.2, 0.25) is 0 Å². The SMILES string of the molecule is CCCCC/C=C\C/C=C\CCCCCCCCCCOCC(COP(=O)(O)OCC(O)CO)OC(=O)CCCCCCCC/C=C\C/C=C\C/C=C\CCCCCCC. The molecule has 0 aliphatic carbocycles. The summed E-state index contributed by atoms with van der Waals surface area (Å²) in [6, 6.07) is 0. The fourth-order valence-electron chi connectivity index (χ4n) is 6.45. The molecule has 0 aromatic carbocycles. The maximum absolute atomic E-state index is 12.7. The van der Waals surface area contributed by atoms with E-state index < -0.39 is 39.2 Å². The predicted molar refractivity (Wildman–Crippen MR) is 251 cm³/mol. The van der Waals surface area contributed by atoms with Crippen molar-refractivity contribution in [2.24, 2.45) is 0 Å². The van der Waals surface area contributed by atoms with Gasteiger partial charge in [-0.05, 0) is 83.5 Å². The van der Waals surface area contributed by atoms with Gasteiger partial charge < -0.3 is 24.6 Å². The number of rotatable bonds is 46. The first-order valence-corrected chi connectivity index (χ1v) is 25.8. The number of aliphatic hydroxyl groups excluding tert-OH is 2. The van der Waals surface area contributed by atoms with E-state index in [-0.39, 0.29) is 19.6 Å². The predicted octanol–water partition coefficient (Wildman–Crippen LogP) is 13.9. The lowest BCUT2D eigenvalue weighted by atomic mass is 10.1. The highest BCUT2D eigenvalue weighted by Gasteiger charge is 2.26. The van der Waals surface area contributed by atoms with Gasteiger partial charge in [0.25, 0.3) is 0 Å². The third kappa shape index (κ3) is 45.7. The summed E-state index contributed by atoms with van der Waals surface area (Å²) in [5.74, 6) is -0.397. The lowest BCUT2D eigenvalue weighted by Gasteiger charge is -2.20. The summed E-state index contributed by atoms with van der Waals surface area (Å²) in [6.45, 7) is 3.46. The number of esters is 1. The fourth-order valence-corrected chi connectivity index (χ4v) is 7.24. The van der Waals surface area contributed by atoms with Crippen LogP contribution in [-0.4, -0.2) is 66.3 Å². The lowest BCUT2D eigenvalue weighted by molar-refractivity contribution is -0.154. The summed E-state index contributed by atoms with van der Waals surface area (Å²) in [4.78, 5) is 22.7. The molecule has 0 saturated heterocycles. The average molecular weight is 867 g/mol. The number of carbonyl (C=O) groups excluding carboxylic acids is 1. The van der Waals surface area contributed by atoms with E-state index in [2.05, 4.69) is 74.6 Å². The third-order valence-corrected chi connectivity index (χ3v) is 11.1. The van der Waals surface area contributed by atoms with Crippen LogP contribution in [0.5, 0.6) is 0 Å². The summed E-state index contributed by atoms with van der Waals surface area (Å²) < 4.78 is 33.5. The highest BCUT2D eigenvalue weighted by atomic mass is 31.2. The number of unbranched alkanes of at least 4 members (excludes halogenated alkanes) is 22. The van der Waals surface area contributed by atoms with Gasteiger partial charge in [0.15, 0.2) is 0 Å². The molecule has 0 fully saturated rings. The molecular formula is C50H91O9P. The van der Waals surface area contributed by atoms with E-state index in [0.717, 1.165) is 70.6 Å². The van der Waals surface area contributed by atoms with E-state index in [1.165, 1.54) is 109 Å². The Morgan fingerprint density at radius 1 is 0.517 bits per heavy atom. The van der Waals surface area contributed by atoms with Crippen LogP contribution >= 0.6 is 7.82 Å². The zero-order chi connectivity index (χ0) is 43.9. The minimum absolute atomic E-state index is 0.0378. The molecule has 0 heterocycles. The Labute approximate surface area is 368 Å². The molecule has 0 amide bonds. The molecule has 0 aromatic rings. The van der Waals surface area contributed by atoms with Gasteiger partial charge in [-0.1, -0.05) is 177 Å². The lowest BCUT2D eigenvalue weighted by Crippen LogP contribution is -2.29. The first kappa shape index (κ1) is 58.2. The maximum Gasteiger partial charge on any atom is 0.472 e. The molecule has 0 spiro atoms. The second kappa shape index (κ2) is 46.7. The van der Waals surface area contributed by atoms with Crippen molar-refractivity contribution in [2.45, 2.75) is 219 Å². The molecule has 0 radical (unpaired) electrons. The van der Waals surface area contributed by atoms with E-state index in [9.17, 15) is 19.4 Å². The van der Waals surface area contributed by atoms with Crippen molar-refractivity contribution in [1.82, 2.24) is 0 Å². The van der Waals surface area contributed by atoms with E-state index in [0.29, 0.717) is 13.0 Å². The van der Waals surface area contributed by atoms with Gasteiger partial charge in [-0.3, -0.25) is 13.8 Å². The van der Waals surface area contributed by atoms with Crippen LogP contribution in [0, 0.1) is 0 Å². The molecule has 9 nitrogen and oxygen atoms in total. The number of aliphatic hydroxyl groups is 2. The normalized spacial score (nSPS) is 14.4. The number of hydrogen-bond donors (Lipinski definition) is 3. The first-order chi connectivity index (χ1) is 29.3. The molecular weight excluding hydrogens is 776 g/mol.